The van der Waals surface area contributed by atoms with Crippen LogP contribution in [0, 0.1) is 6.92 Å². The minimum atomic E-state index is 0.116. The predicted octanol–water partition coefficient (Wildman–Crippen LogP) is -0.152. The van der Waals surface area contributed by atoms with Crippen LogP contribution in [-0.2, 0) is 7.05 Å². The van der Waals surface area contributed by atoms with Gasteiger partial charge in [0.25, 0.3) is 5.91 Å². The highest BCUT2D eigenvalue weighted by Gasteiger charge is 2.32. The second-order valence-electron chi connectivity index (χ2n) is 5.77. The number of amides is 1. The van der Waals surface area contributed by atoms with Gasteiger partial charge in [-0.05, 0) is 19.4 Å². The minimum absolute atomic E-state index is 0.116. The number of aryl methyl sites for hydroxylation is 2. The number of piperazine rings is 1. The average molecular weight is 277 g/mol. The molecule has 20 heavy (non-hydrogen) atoms. The Hall–Kier alpha value is -1.40. The minimum Gasteiger partial charge on any atom is -0.336 e. The molecule has 0 aliphatic carbocycles. The van der Waals surface area contributed by atoms with E-state index in [0.29, 0.717) is 11.7 Å². The van der Waals surface area contributed by atoms with E-state index in [-0.39, 0.29) is 5.91 Å². The van der Waals surface area contributed by atoms with Crippen molar-refractivity contribution in [2.75, 3.05) is 39.3 Å². The molecular weight excluding hydrogens is 254 g/mol. The molecule has 6 heteroatoms. The Morgan fingerprint density at radius 1 is 1.35 bits per heavy atom. The topological polar surface area (TPSA) is 53.4 Å². The van der Waals surface area contributed by atoms with Gasteiger partial charge in [0.1, 0.15) is 5.69 Å². The molecule has 0 spiro atoms. The first-order valence-corrected chi connectivity index (χ1v) is 7.40. The van der Waals surface area contributed by atoms with Crippen LogP contribution in [0.1, 0.15) is 22.6 Å². The Bertz CT molecular complexity index is 492. The lowest BCUT2D eigenvalue weighted by Gasteiger charge is -2.32. The molecule has 1 amide bonds. The van der Waals surface area contributed by atoms with E-state index < -0.39 is 0 Å². The van der Waals surface area contributed by atoms with Gasteiger partial charge in [0.15, 0.2) is 0 Å². The third kappa shape index (κ3) is 2.58. The van der Waals surface area contributed by atoms with Gasteiger partial charge in [-0.2, -0.15) is 5.10 Å². The fourth-order valence-electron chi connectivity index (χ4n) is 3.24. The maximum Gasteiger partial charge on any atom is 0.272 e. The molecule has 0 saturated carbocycles. The van der Waals surface area contributed by atoms with Crippen molar-refractivity contribution in [1.82, 2.24) is 24.9 Å². The van der Waals surface area contributed by atoms with Gasteiger partial charge in [-0.25, -0.2) is 0 Å². The van der Waals surface area contributed by atoms with E-state index in [9.17, 15) is 4.79 Å². The summed E-state index contributed by atoms with van der Waals surface area (Å²) in [7, 11) is 1.84. The molecule has 3 rings (SSSR count). The number of hydrogen-bond acceptors (Lipinski definition) is 4. The van der Waals surface area contributed by atoms with Crippen molar-refractivity contribution in [3.8, 4) is 0 Å². The van der Waals surface area contributed by atoms with E-state index in [2.05, 4.69) is 15.3 Å². The van der Waals surface area contributed by atoms with Crippen molar-refractivity contribution in [2.45, 2.75) is 19.4 Å². The molecule has 1 atom stereocenters. The lowest BCUT2D eigenvalue weighted by molar-refractivity contribution is 0.0762. The SMILES string of the molecule is Cc1cc(C(=O)N2CCC(N3CCNCC3)C2)n(C)n1. The summed E-state index contributed by atoms with van der Waals surface area (Å²) in [5.41, 5.74) is 1.59. The molecule has 3 heterocycles. The molecule has 1 N–H and O–H groups in total. The van der Waals surface area contributed by atoms with E-state index in [1.807, 2.05) is 24.9 Å². The second-order valence-corrected chi connectivity index (χ2v) is 5.77. The first kappa shape index (κ1) is 13.6. The van der Waals surface area contributed by atoms with Crippen molar-refractivity contribution < 1.29 is 4.79 Å². The third-order valence-corrected chi connectivity index (χ3v) is 4.34. The summed E-state index contributed by atoms with van der Waals surface area (Å²) in [5, 5.41) is 7.64. The number of likely N-dealkylation sites (tertiary alicyclic amines) is 1. The van der Waals surface area contributed by atoms with Crippen LogP contribution in [0.4, 0.5) is 0 Å². The largest absolute Gasteiger partial charge is 0.336 e. The zero-order valence-corrected chi connectivity index (χ0v) is 12.3. The zero-order chi connectivity index (χ0) is 14.1. The summed E-state index contributed by atoms with van der Waals surface area (Å²) >= 11 is 0. The first-order chi connectivity index (χ1) is 9.65. The monoisotopic (exact) mass is 277 g/mol. The summed E-state index contributed by atoms with van der Waals surface area (Å²) in [6, 6.07) is 2.40. The van der Waals surface area contributed by atoms with Crippen LogP contribution >= 0.6 is 0 Å². The van der Waals surface area contributed by atoms with Crippen LogP contribution in [-0.4, -0.2) is 70.8 Å². The highest BCUT2D eigenvalue weighted by molar-refractivity contribution is 5.92. The Morgan fingerprint density at radius 3 is 2.75 bits per heavy atom. The molecule has 0 aromatic carbocycles. The third-order valence-electron chi connectivity index (χ3n) is 4.34. The molecule has 2 aliphatic heterocycles. The highest BCUT2D eigenvalue weighted by atomic mass is 16.2. The summed E-state index contributed by atoms with van der Waals surface area (Å²) in [4.78, 5) is 17.0. The zero-order valence-electron chi connectivity index (χ0n) is 12.3. The van der Waals surface area contributed by atoms with Crippen LogP contribution in [0.25, 0.3) is 0 Å². The lowest BCUT2D eigenvalue weighted by atomic mass is 10.2. The number of hydrogen-bond donors (Lipinski definition) is 1. The molecule has 1 aromatic rings. The van der Waals surface area contributed by atoms with E-state index in [0.717, 1.165) is 51.4 Å². The van der Waals surface area contributed by atoms with E-state index in [1.54, 1.807) is 4.68 Å². The number of carbonyl (C=O) groups excluding carboxylic acids is 1. The van der Waals surface area contributed by atoms with Gasteiger partial charge in [0, 0.05) is 52.4 Å². The Labute approximate surface area is 119 Å². The van der Waals surface area contributed by atoms with Crippen molar-refractivity contribution in [1.29, 1.82) is 0 Å². The number of rotatable bonds is 2. The standard InChI is InChI=1S/C14H23N5O/c1-11-9-13(17(2)16-11)14(20)19-6-3-12(10-19)18-7-4-15-5-8-18/h9,12,15H,3-8,10H2,1-2H3. The highest BCUT2D eigenvalue weighted by Crippen LogP contribution is 2.18. The van der Waals surface area contributed by atoms with Crippen molar-refractivity contribution in [3.63, 3.8) is 0 Å². The van der Waals surface area contributed by atoms with Gasteiger partial charge >= 0.3 is 0 Å². The molecule has 110 valence electrons. The maximum absolute atomic E-state index is 12.5. The van der Waals surface area contributed by atoms with Gasteiger partial charge in [0.05, 0.1) is 5.69 Å². The maximum atomic E-state index is 12.5. The molecule has 2 aliphatic rings. The summed E-state index contributed by atoms with van der Waals surface area (Å²) < 4.78 is 1.69. The number of aromatic nitrogens is 2. The van der Waals surface area contributed by atoms with Gasteiger partial charge < -0.3 is 10.2 Å². The Balaban J connectivity index is 1.64. The fraction of sp³-hybridized carbons (Fsp3) is 0.714. The van der Waals surface area contributed by atoms with Crippen LogP contribution in [0.15, 0.2) is 6.07 Å². The lowest BCUT2D eigenvalue weighted by Crippen LogP contribution is -2.49. The van der Waals surface area contributed by atoms with Crippen LogP contribution in [0.3, 0.4) is 0 Å². The number of nitrogens with one attached hydrogen (secondary N) is 1. The van der Waals surface area contributed by atoms with E-state index >= 15 is 0 Å². The normalized spacial score (nSPS) is 24.3. The molecule has 2 saturated heterocycles. The second kappa shape index (κ2) is 5.54. The van der Waals surface area contributed by atoms with Gasteiger partial charge in [0.2, 0.25) is 0 Å². The van der Waals surface area contributed by atoms with E-state index in [1.165, 1.54) is 0 Å². The molecular formula is C14H23N5O. The molecule has 6 nitrogen and oxygen atoms in total. The van der Waals surface area contributed by atoms with Crippen molar-refractivity contribution >= 4 is 5.91 Å². The number of carbonyl (C=O) groups is 1. The summed E-state index contributed by atoms with van der Waals surface area (Å²) in [6.45, 7) is 7.94. The van der Waals surface area contributed by atoms with Crippen LogP contribution in [0.2, 0.25) is 0 Å². The van der Waals surface area contributed by atoms with E-state index in [4.69, 9.17) is 0 Å². The molecule has 0 radical (unpaired) electrons. The molecule has 1 unspecified atom stereocenters. The smallest absolute Gasteiger partial charge is 0.272 e. The Morgan fingerprint density at radius 2 is 2.10 bits per heavy atom. The molecule has 2 fully saturated rings. The van der Waals surface area contributed by atoms with Gasteiger partial charge in [-0.15, -0.1) is 0 Å². The molecule has 0 bridgehead atoms. The van der Waals surface area contributed by atoms with Crippen molar-refractivity contribution in [3.05, 3.63) is 17.5 Å². The fourth-order valence-corrected chi connectivity index (χ4v) is 3.24. The average Bonchev–Trinajstić information content (AvgIpc) is 3.06. The van der Waals surface area contributed by atoms with Gasteiger partial charge in [-0.3, -0.25) is 14.4 Å². The first-order valence-electron chi connectivity index (χ1n) is 7.40. The summed E-state index contributed by atoms with van der Waals surface area (Å²) in [6.07, 6.45) is 1.09. The predicted molar refractivity (Wildman–Crippen MR) is 76.7 cm³/mol. The van der Waals surface area contributed by atoms with Gasteiger partial charge in [-0.1, -0.05) is 0 Å². The number of nitrogens with zero attached hydrogens (tertiary/aromatic N) is 4. The van der Waals surface area contributed by atoms with Crippen LogP contribution < -0.4 is 5.32 Å². The quantitative estimate of drug-likeness (QED) is 0.817. The van der Waals surface area contributed by atoms with Crippen LogP contribution in [0.5, 0.6) is 0 Å². The summed E-state index contributed by atoms with van der Waals surface area (Å²) in [5.74, 6) is 0.116. The Kier molecular flexibility index (Phi) is 3.76. The molecule has 1 aromatic heterocycles. The van der Waals surface area contributed by atoms with Crippen molar-refractivity contribution in [2.24, 2.45) is 7.05 Å².